The van der Waals surface area contributed by atoms with Gasteiger partial charge in [-0.25, -0.2) is 0 Å². The number of fused-ring (bicyclic) bond motifs is 3. The average Bonchev–Trinajstić information content (AvgIpc) is 3.11. The third kappa shape index (κ3) is 3.43. The normalized spacial score (nSPS) is 11.0. The molecule has 1 N–H and O–H groups in total. The highest BCUT2D eigenvalue weighted by molar-refractivity contribution is 6.11. The van der Waals surface area contributed by atoms with Crippen molar-refractivity contribution in [3.63, 3.8) is 0 Å². The lowest BCUT2D eigenvalue weighted by molar-refractivity contribution is 0.0802. The van der Waals surface area contributed by atoms with E-state index in [1.54, 1.807) is 36.2 Å². The predicted molar refractivity (Wildman–Crippen MR) is 122 cm³/mol. The first-order valence-electron chi connectivity index (χ1n) is 10.2. The van der Waals surface area contributed by atoms with E-state index in [0.29, 0.717) is 17.7 Å². The van der Waals surface area contributed by atoms with Gasteiger partial charge in [0, 0.05) is 58.8 Å². The fourth-order valence-corrected chi connectivity index (χ4v) is 3.83. The molecule has 5 nitrogen and oxygen atoms in total. The lowest BCUT2D eigenvalue weighted by Crippen LogP contribution is -2.26. The van der Waals surface area contributed by atoms with Gasteiger partial charge in [-0.2, -0.15) is 0 Å². The van der Waals surface area contributed by atoms with Gasteiger partial charge in [0.2, 0.25) is 0 Å². The van der Waals surface area contributed by atoms with Crippen molar-refractivity contribution in [3.8, 4) is 0 Å². The second kappa shape index (κ2) is 8.03. The van der Waals surface area contributed by atoms with Crippen LogP contribution in [0.25, 0.3) is 21.8 Å². The number of nitrogens with zero attached hydrogens (tertiary/aromatic N) is 2. The lowest BCUT2D eigenvalue weighted by Gasteiger charge is -2.15. The van der Waals surface area contributed by atoms with E-state index in [-0.39, 0.29) is 11.8 Å². The molecular weight excluding hydrogens is 374 g/mol. The van der Waals surface area contributed by atoms with Crippen molar-refractivity contribution in [2.75, 3.05) is 18.9 Å². The van der Waals surface area contributed by atoms with Gasteiger partial charge in [-0.15, -0.1) is 0 Å². The number of rotatable bonds is 5. The van der Waals surface area contributed by atoms with Crippen LogP contribution in [0.4, 0.5) is 5.69 Å². The van der Waals surface area contributed by atoms with Crippen LogP contribution < -0.4 is 5.32 Å². The Labute approximate surface area is 175 Å². The van der Waals surface area contributed by atoms with E-state index in [4.69, 9.17) is 0 Å². The molecule has 0 radical (unpaired) electrons. The number of carbonyl (C=O) groups is 2. The standard InChI is InChI=1S/C25H25N3O2/c1-4-27(3)25(30)18-10-8-9-17(15-18)24(29)26-19-13-14-23-21(16-19)20-11-6-7-12-22(20)28(23)5-2/h6-16H,4-5H2,1-3H3,(H,26,29). The number of amides is 2. The first-order valence-corrected chi connectivity index (χ1v) is 10.2. The molecule has 1 heterocycles. The largest absolute Gasteiger partial charge is 0.342 e. The predicted octanol–water partition coefficient (Wildman–Crippen LogP) is 5.16. The van der Waals surface area contributed by atoms with Crippen LogP contribution in [-0.2, 0) is 6.54 Å². The summed E-state index contributed by atoms with van der Waals surface area (Å²) in [7, 11) is 1.75. The molecule has 3 aromatic carbocycles. The van der Waals surface area contributed by atoms with E-state index in [2.05, 4.69) is 28.9 Å². The fraction of sp³-hybridized carbons (Fsp3) is 0.200. The van der Waals surface area contributed by atoms with Crippen LogP contribution in [-0.4, -0.2) is 34.9 Å². The Bertz CT molecular complexity index is 1260. The molecule has 0 saturated carbocycles. The summed E-state index contributed by atoms with van der Waals surface area (Å²) in [6.07, 6.45) is 0. The van der Waals surface area contributed by atoms with Gasteiger partial charge in [0.25, 0.3) is 11.8 Å². The number of benzene rings is 3. The Hall–Kier alpha value is -3.60. The number of aryl methyl sites for hydroxylation is 1. The van der Waals surface area contributed by atoms with Gasteiger partial charge >= 0.3 is 0 Å². The maximum Gasteiger partial charge on any atom is 0.255 e. The summed E-state index contributed by atoms with van der Waals surface area (Å²) in [5.74, 6) is -0.330. The molecule has 5 heteroatoms. The summed E-state index contributed by atoms with van der Waals surface area (Å²) in [6.45, 7) is 5.54. The maximum atomic E-state index is 12.8. The van der Waals surface area contributed by atoms with Crippen LogP contribution in [0.3, 0.4) is 0 Å². The Morgan fingerprint density at radius 3 is 2.37 bits per heavy atom. The van der Waals surface area contributed by atoms with Crippen LogP contribution in [0.2, 0.25) is 0 Å². The number of aromatic nitrogens is 1. The van der Waals surface area contributed by atoms with E-state index in [9.17, 15) is 9.59 Å². The highest BCUT2D eigenvalue weighted by Crippen LogP contribution is 2.31. The van der Waals surface area contributed by atoms with E-state index in [1.807, 2.05) is 37.3 Å². The molecule has 0 unspecified atom stereocenters. The van der Waals surface area contributed by atoms with Crippen molar-refractivity contribution in [2.45, 2.75) is 20.4 Å². The molecule has 4 rings (SSSR count). The summed E-state index contributed by atoms with van der Waals surface area (Å²) in [4.78, 5) is 26.9. The molecule has 152 valence electrons. The van der Waals surface area contributed by atoms with Crippen molar-refractivity contribution >= 4 is 39.3 Å². The minimum Gasteiger partial charge on any atom is -0.342 e. The van der Waals surface area contributed by atoms with Gasteiger partial charge in [-0.3, -0.25) is 9.59 Å². The number of hydrogen-bond donors (Lipinski definition) is 1. The minimum absolute atomic E-state index is 0.0963. The Morgan fingerprint density at radius 2 is 1.60 bits per heavy atom. The third-order valence-corrected chi connectivity index (χ3v) is 5.54. The van der Waals surface area contributed by atoms with Crippen molar-refractivity contribution in [1.29, 1.82) is 0 Å². The smallest absolute Gasteiger partial charge is 0.255 e. The number of para-hydroxylation sites is 1. The number of carbonyl (C=O) groups excluding carboxylic acids is 2. The summed E-state index contributed by atoms with van der Waals surface area (Å²) >= 11 is 0. The van der Waals surface area contributed by atoms with E-state index in [0.717, 1.165) is 23.1 Å². The van der Waals surface area contributed by atoms with Crippen LogP contribution in [0.5, 0.6) is 0 Å². The van der Waals surface area contributed by atoms with E-state index < -0.39 is 0 Å². The molecule has 4 aromatic rings. The zero-order chi connectivity index (χ0) is 21.3. The molecule has 0 spiro atoms. The topological polar surface area (TPSA) is 54.3 Å². The molecule has 2 amide bonds. The van der Waals surface area contributed by atoms with Gasteiger partial charge in [-0.1, -0.05) is 24.3 Å². The third-order valence-electron chi connectivity index (χ3n) is 5.54. The molecule has 0 aliphatic heterocycles. The monoisotopic (exact) mass is 399 g/mol. The molecule has 0 saturated heterocycles. The van der Waals surface area contributed by atoms with E-state index >= 15 is 0 Å². The second-order valence-electron chi connectivity index (χ2n) is 7.35. The average molecular weight is 399 g/mol. The zero-order valence-corrected chi connectivity index (χ0v) is 17.5. The van der Waals surface area contributed by atoms with Crippen molar-refractivity contribution < 1.29 is 9.59 Å². The van der Waals surface area contributed by atoms with Gasteiger partial charge in [0.1, 0.15) is 0 Å². The highest BCUT2D eigenvalue weighted by atomic mass is 16.2. The van der Waals surface area contributed by atoms with Crippen molar-refractivity contribution in [3.05, 3.63) is 77.9 Å². The van der Waals surface area contributed by atoms with Crippen molar-refractivity contribution in [1.82, 2.24) is 9.47 Å². The first kappa shape index (κ1) is 19.7. The molecule has 30 heavy (non-hydrogen) atoms. The highest BCUT2D eigenvalue weighted by Gasteiger charge is 2.14. The molecule has 0 aliphatic rings. The zero-order valence-electron chi connectivity index (χ0n) is 17.5. The van der Waals surface area contributed by atoms with Gasteiger partial charge in [-0.05, 0) is 56.3 Å². The summed E-state index contributed by atoms with van der Waals surface area (Å²) in [5, 5.41) is 5.26. The molecule has 0 fully saturated rings. The molecule has 0 aliphatic carbocycles. The lowest BCUT2D eigenvalue weighted by atomic mass is 10.1. The molecule has 1 aromatic heterocycles. The van der Waals surface area contributed by atoms with Gasteiger partial charge in [0.05, 0.1) is 0 Å². The Kier molecular flexibility index (Phi) is 5.27. The number of anilines is 1. The van der Waals surface area contributed by atoms with Crippen molar-refractivity contribution in [2.24, 2.45) is 0 Å². The summed E-state index contributed by atoms with van der Waals surface area (Å²) in [5.41, 5.74) is 4.03. The second-order valence-corrected chi connectivity index (χ2v) is 7.35. The fourth-order valence-electron chi connectivity index (χ4n) is 3.83. The van der Waals surface area contributed by atoms with E-state index in [1.165, 1.54) is 10.9 Å². The Balaban J connectivity index is 1.66. The van der Waals surface area contributed by atoms with Crippen LogP contribution in [0, 0.1) is 0 Å². The maximum absolute atomic E-state index is 12.8. The van der Waals surface area contributed by atoms with Crippen LogP contribution in [0.15, 0.2) is 66.7 Å². The van der Waals surface area contributed by atoms with Crippen LogP contribution in [0.1, 0.15) is 34.6 Å². The Morgan fingerprint density at radius 1 is 0.867 bits per heavy atom. The summed E-state index contributed by atoms with van der Waals surface area (Å²) in [6, 6.07) is 21.1. The quantitative estimate of drug-likeness (QED) is 0.504. The number of hydrogen-bond acceptors (Lipinski definition) is 2. The SMILES string of the molecule is CCN(C)C(=O)c1cccc(C(=O)Nc2ccc3c(c2)c2ccccc2n3CC)c1. The first-order chi connectivity index (χ1) is 14.5. The molecule has 0 bridgehead atoms. The summed E-state index contributed by atoms with van der Waals surface area (Å²) < 4.78 is 2.27. The molecular formula is C25H25N3O2. The van der Waals surface area contributed by atoms with Crippen LogP contribution >= 0.6 is 0 Å². The van der Waals surface area contributed by atoms with Gasteiger partial charge in [0.15, 0.2) is 0 Å². The number of nitrogens with one attached hydrogen (secondary N) is 1. The van der Waals surface area contributed by atoms with Gasteiger partial charge < -0.3 is 14.8 Å². The molecule has 0 atom stereocenters. The minimum atomic E-state index is -0.234.